The molecule has 0 aliphatic carbocycles. The van der Waals surface area contributed by atoms with E-state index in [0.29, 0.717) is 0 Å². The zero-order valence-corrected chi connectivity index (χ0v) is 10.1. The molecule has 88 valence electrons. The molecule has 0 aromatic rings. The first-order chi connectivity index (χ1) is 7.02. The van der Waals surface area contributed by atoms with Crippen molar-refractivity contribution >= 4 is 5.97 Å². The average Bonchev–Trinajstić information content (AvgIpc) is 2.27. The van der Waals surface area contributed by atoms with Crippen molar-refractivity contribution in [2.45, 2.75) is 38.3 Å². The van der Waals surface area contributed by atoms with Crippen LogP contribution < -0.4 is 0 Å². The Hall–Kier alpha value is -0.610. The quantitative estimate of drug-likeness (QED) is 0.660. The van der Waals surface area contributed by atoms with Gasteiger partial charge in [0.2, 0.25) is 0 Å². The first kappa shape index (κ1) is 12.5. The van der Waals surface area contributed by atoms with Crippen LogP contribution in [0.4, 0.5) is 0 Å². The highest BCUT2D eigenvalue weighted by atomic mass is 16.5. The summed E-state index contributed by atoms with van der Waals surface area (Å²) in [7, 11) is 3.16. The maximum Gasteiger partial charge on any atom is 0.322 e. The third kappa shape index (κ3) is 2.92. The molecular weight excluding hydrogens is 194 g/mol. The molecule has 1 aliphatic heterocycles. The Morgan fingerprint density at radius 2 is 2.13 bits per heavy atom. The molecule has 0 saturated carbocycles. The molecule has 15 heavy (non-hydrogen) atoms. The van der Waals surface area contributed by atoms with E-state index < -0.39 is 0 Å². The molecule has 0 N–H and O–H groups in total. The Labute approximate surface area is 91.5 Å². The summed E-state index contributed by atoms with van der Waals surface area (Å²) in [6, 6.07) is -0.176. The van der Waals surface area contributed by atoms with E-state index in [9.17, 15) is 4.79 Å². The Bertz CT molecular complexity index is 232. The topological polar surface area (TPSA) is 38.8 Å². The molecule has 0 amide bonds. The van der Waals surface area contributed by atoms with Crippen molar-refractivity contribution < 1.29 is 14.3 Å². The van der Waals surface area contributed by atoms with Crippen molar-refractivity contribution in [2.24, 2.45) is 0 Å². The number of hydrogen-bond acceptors (Lipinski definition) is 4. The monoisotopic (exact) mass is 215 g/mol. The maximum atomic E-state index is 11.4. The van der Waals surface area contributed by atoms with Crippen LogP contribution in [0.1, 0.15) is 26.7 Å². The van der Waals surface area contributed by atoms with Crippen LogP contribution in [0, 0.1) is 0 Å². The molecule has 1 heterocycles. The molecule has 4 heteroatoms. The molecule has 4 nitrogen and oxygen atoms in total. The third-order valence-electron chi connectivity index (χ3n) is 3.27. The fourth-order valence-corrected chi connectivity index (χ4v) is 2.06. The number of rotatable bonds is 3. The number of hydrogen-bond donors (Lipinski definition) is 0. The van der Waals surface area contributed by atoms with Gasteiger partial charge in [0.25, 0.3) is 0 Å². The zero-order chi connectivity index (χ0) is 11.5. The van der Waals surface area contributed by atoms with Gasteiger partial charge in [-0.05, 0) is 33.2 Å². The summed E-state index contributed by atoms with van der Waals surface area (Å²) in [5, 5.41) is 0. The van der Waals surface area contributed by atoms with Gasteiger partial charge in [0, 0.05) is 13.7 Å². The predicted octanol–water partition coefficient (Wildman–Crippen LogP) is 1.05. The van der Waals surface area contributed by atoms with Crippen LogP contribution >= 0.6 is 0 Å². The minimum absolute atomic E-state index is 0.124. The first-order valence-corrected chi connectivity index (χ1v) is 5.39. The Kier molecular flexibility index (Phi) is 4.11. The number of carbonyl (C=O) groups is 1. The normalized spacial score (nSPS) is 29.9. The lowest BCUT2D eigenvalue weighted by Crippen LogP contribution is -2.52. The van der Waals surface area contributed by atoms with Crippen molar-refractivity contribution in [3.8, 4) is 0 Å². The lowest BCUT2D eigenvalue weighted by atomic mass is 9.94. The van der Waals surface area contributed by atoms with Gasteiger partial charge in [-0.15, -0.1) is 0 Å². The zero-order valence-electron chi connectivity index (χ0n) is 10.1. The van der Waals surface area contributed by atoms with E-state index in [2.05, 4.69) is 11.8 Å². The van der Waals surface area contributed by atoms with E-state index in [0.717, 1.165) is 25.9 Å². The van der Waals surface area contributed by atoms with Gasteiger partial charge in [0.15, 0.2) is 0 Å². The van der Waals surface area contributed by atoms with E-state index in [1.165, 1.54) is 7.11 Å². The fraction of sp³-hybridized carbons (Fsp3) is 0.909. The second-order valence-corrected chi connectivity index (χ2v) is 4.43. The van der Waals surface area contributed by atoms with Gasteiger partial charge in [-0.3, -0.25) is 9.69 Å². The Balaban J connectivity index is 2.60. The number of ether oxygens (including phenoxy) is 2. The van der Waals surface area contributed by atoms with Gasteiger partial charge in [0.05, 0.1) is 12.7 Å². The Morgan fingerprint density at radius 3 is 2.67 bits per heavy atom. The highest BCUT2D eigenvalue weighted by Crippen LogP contribution is 2.25. The molecule has 2 unspecified atom stereocenters. The van der Waals surface area contributed by atoms with E-state index in [1.807, 2.05) is 6.92 Å². The number of carbonyl (C=O) groups excluding carboxylic acids is 1. The lowest BCUT2D eigenvalue weighted by Gasteiger charge is -2.41. The first-order valence-electron chi connectivity index (χ1n) is 5.39. The van der Waals surface area contributed by atoms with E-state index in [4.69, 9.17) is 9.47 Å². The van der Waals surface area contributed by atoms with Crippen LogP contribution in [-0.2, 0) is 14.3 Å². The SMILES string of the molecule is COC(=O)C(C)N1CCCC(C)(OC)C1. The molecule has 1 rings (SSSR count). The summed E-state index contributed by atoms with van der Waals surface area (Å²) in [6.07, 6.45) is 2.11. The largest absolute Gasteiger partial charge is 0.468 e. The van der Waals surface area contributed by atoms with Crippen LogP contribution in [0.25, 0.3) is 0 Å². The van der Waals surface area contributed by atoms with E-state index in [1.54, 1.807) is 7.11 Å². The molecule has 1 fully saturated rings. The van der Waals surface area contributed by atoms with Gasteiger partial charge in [0.1, 0.15) is 6.04 Å². The number of likely N-dealkylation sites (tertiary alicyclic amines) is 1. The van der Waals surface area contributed by atoms with Gasteiger partial charge >= 0.3 is 5.97 Å². The van der Waals surface area contributed by atoms with Gasteiger partial charge in [-0.2, -0.15) is 0 Å². The summed E-state index contributed by atoms with van der Waals surface area (Å²) in [6.45, 7) is 5.70. The molecule has 0 aromatic carbocycles. The molecular formula is C11H21NO3. The lowest BCUT2D eigenvalue weighted by molar-refractivity contribution is -0.149. The van der Waals surface area contributed by atoms with Crippen molar-refractivity contribution in [3.63, 3.8) is 0 Å². The summed E-state index contributed by atoms with van der Waals surface area (Å²) in [5.41, 5.74) is -0.124. The minimum Gasteiger partial charge on any atom is -0.468 e. The highest BCUT2D eigenvalue weighted by Gasteiger charge is 2.34. The van der Waals surface area contributed by atoms with Crippen molar-refractivity contribution in [2.75, 3.05) is 27.3 Å². The summed E-state index contributed by atoms with van der Waals surface area (Å²) < 4.78 is 10.2. The number of piperidine rings is 1. The highest BCUT2D eigenvalue weighted by molar-refractivity contribution is 5.75. The summed E-state index contributed by atoms with van der Waals surface area (Å²) >= 11 is 0. The van der Waals surface area contributed by atoms with Gasteiger partial charge in [-0.25, -0.2) is 0 Å². The smallest absolute Gasteiger partial charge is 0.322 e. The summed E-state index contributed by atoms with van der Waals surface area (Å²) in [4.78, 5) is 13.5. The molecule has 1 saturated heterocycles. The number of methoxy groups -OCH3 is 2. The standard InChI is InChI=1S/C11H21NO3/c1-9(10(13)14-3)12-7-5-6-11(2,8-12)15-4/h9H,5-8H2,1-4H3. The molecule has 0 aromatic heterocycles. The van der Waals surface area contributed by atoms with Crippen LogP contribution in [0.5, 0.6) is 0 Å². The van der Waals surface area contributed by atoms with Crippen LogP contribution in [0.2, 0.25) is 0 Å². The Morgan fingerprint density at radius 1 is 1.47 bits per heavy atom. The molecule has 0 radical (unpaired) electrons. The molecule has 0 spiro atoms. The van der Waals surface area contributed by atoms with E-state index in [-0.39, 0.29) is 17.6 Å². The second kappa shape index (κ2) is 4.94. The van der Waals surface area contributed by atoms with E-state index >= 15 is 0 Å². The minimum atomic E-state index is -0.176. The maximum absolute atomic E-state index is 11.4. The van der Waals surface area contributed by atoms with Crippen molar-refractivity contribution in [1.82, 2.24) is 4.90 Å². The third-order valence-corrected chi connectivity index (χ3v) is 3.27. The predicted molar refractivity (Wildman–Crippen MR) is 57.7 cm³/mol. The van der Waals surface area contributed by atoms with Gasteiger partial charge < -0.3 is 9.47 Å². The second-order valence-electron chi connectivity index (χ2n) is 4.43. The number of nitrogens with zero attached hydrogens (tertiary/aromatic N) is 1. The molecule has 1 aliphatic rings. The van der Waals surface area contributed by atoms with Crippen molar-refractivity contribution in [3.05, 3.63) is 0 Å². The van der Waals surface area contributed by atoms with Gasteiger partial charge in [-0.1, -0.05) is 0 Å². The van der Waals surface area contributed by atoms with Crippen LogP contribution in [0.3, 0.4) is 0 Å². The fourth-order valence-electron chi connectivity index (χ4n) is 2.06. The average molecular weight is 215 g/mol. The molecule has 0 bridgehead atoms. The number of esters is 1. The molecule has 2 atom stereocenters. The van der Waals surface area contributed by atoms with Crippen LogP contribution in [0.15, 0.2) is 0 Å². The van der Waals surface area contributed by atoms with Crippen molar-refractivity contribution in [1.29, 1.82) is 0 Å². The van der Waals surface area contributed by atoms with Crippen LogP contribution in [-0.4, -0.2) is 49.8 Å². The summed E-state index contributed by atoms with van der Waals surface area (Å²) in [5.74, 6) is -0.171.